The fourth-order valence-electron chi connectivity index (χ4n) is 1.77. The number of benzene rings is 1. The Kier molecular flexibility index (Phi) is 4.92. The van der Waals surface area contributed by atoms with E-state index in [4.69, 9.17) is 4.74 Å². The summed E-state index contributed by atoms with van der Waals surface area (Å²) in [6.45, 7) is 4.90. The van der Waals surface area contributed by atoms with Gasteiger partial charge < -0.3 is 15.4 Å². The summed E-state index contributed by atoms with van der Waals surface area (Å²) in [4.78, 5) is 16.3. The van der Waals surface area contributed by atoms with Crippen LogP contribution in [-0.2, 0) is 9.53 Å². The van der Waals surface area contributed by atoms with Crippen molar-refractivity contribution in [1.29, 1.82) is 0 Å². The fourth-order valence-corrected chi connectivity index (χ4v) is 2.82. The van der Waals surface area contributed by atoms with Crippen molar-refractivity contribution in [3.63, 3.8) is 0 Å². The van der Waals surface area contributed by atoms with Crippen molar-refractivity contribution < 1.29 is 9.53 Å². The Morgan fingerprint density at radius 2 is 2.30 bits per heavy atom. The zero-order chi connectivity index (χ0) is 14.5. The molecule has 0 aliphatic rings. The minimum absolute atomic E-state index is 0.0579. The first-order valence-corrected chi connectivity index (χ1v) is 7.32. The summed E-state index contributed by atoms with van der Waals surface area (Å²) in [6, 6.07) is 5.80. The lowest BCUT2D eigenvalue weighted by atomic mass is 10.2. The molecule has 5 nitrogen and oxygen atoms in total. The minimum atomic E-state index is -0.325. The highest BCUT2D eigenvalue weighted by Crippen LogP contribution is 2.26. The Bertz CT molecular complexity index is 597. The van der Waals surface area contributed by atoms with Gasteiger partial charge in [0.1, 0.15) is 6.04 Å². The molecule has 0 radical (unpaired) electrons. The van der Waals surface area contributed by atoms with E-state index in [1.807, 2.05) is 19.1 Å². The number of carbonyl (C=O) groups is 1. The van der Waals surface area contributed by atoms with E-state index in [1.165, 1.54) is 5.56 Å². The molecule has 0 aliphatic carbocycles. The Hall–Kier alpha value is -1.66. The van der Waals surface area contributed by atoms with E-state index in [1.54, 1.807) is 18.4 Å². The van der Waals surface area contributed by atoms with Crippen LogP contribution in [0, 0.1) is 6.92 Å². The number of thiazole rings is 1. The second kappa shape index (κ2) is 6.67. The molecule has 2 aromatic rings. The van der Waals surface area contributed by atoms with Gasteiger partial charge in [0.25, 0.3) is 0 Å². The molecule has 0 saturated heterocycles. The molecule has 108 valence electrons. The number of aromatic nitrogens is 1. The zero-order valence-electron chi connectivity index (χ0n) is 11.9. The molecule has 1 aromatic carbocycles. The van der Waals surface area contributed by atoms with Gasteiger partial charge in [-0.3, -0.25) is 4.79 Å². The second-order valence-electron chi connectivity index (χ2n) is 4.64. The van der Waals surface area contributed by atoms with Crippen LogP contribution in [0.1, 0.15) is 12.5 Å². The van der Waals surface area contributed by atoms with Gasteiger partial charge in [-0.1, -0.05) is 17.4 Å². The number of nitrogens with zero attached hydrogens (tertiary/aromatic N) is 1. The second-order valence-corrected chi connectivity index (χ2v) is 5.67. The van der Waals surface area contributed by atoms with Crippen molar-refractivity contribution in [3.8, 4) is 0 Å². The normalized spacial score (nSPS) is 12.3. The van der Waals surface area contributed by atoms with Crippen LogP contribution in [0.25, 0.3) is 10.2 Å². The number of nitrogens with one attached hydrogen (secondary N) is 2. The lowest BCUT2D eigenvalue weighted by Crippen LogP contribution is -2.38. The Labute approximate surface area is 122 Å². The van der Waals surface area contributed by atoms with Crippen LogP contribution in [0.15, 0.2) is 18.2 Å². The number of hydrogen-bond acceptors (Lipinski definition) is 5. The molecule has 1 heterocycles. The van der Waals surface area contributed by atoms with Gasteiger partial charge in [0.05, 0.1) is 16.8 Å². The highest BCUT2D eigenvalue weighted by Gasteiger charge is 2.14. The van der Waals surface area contributed by atoms with Gasteiger partial charge in [0, 0.05) is 13.7 Å². The number of fused-ring (bicyclic) bond motifs is 1. The molecular formula is C14H19N3O2S. The van der Waals surface area contributed by atoms with Crippen molar-refractivity contribution in [2.45, 2.75) is 19.9 Å². The zero-order valence-corrected chi connectivity index (χ0v) is 12.7. The summed E-state index contributed by atoms with van der Waals surface area (Å²) in [5.41, 5.74) is 2.16. The first kappa shape index (κ1) is 14.7. The molecule has 0 bridgehead atoms. The summed E-state index contributed by atoms with van der Waals surface area (Å²) in [5, 5.41) is 6.69. The molecule has 6 heteroatoms. The number of carbonyl (C=O) groups excluding carboxylic acids is 1. The molecule has 0 aliphatic heterocycles. The number of ether oxygens (including phenoxy) is 1. The van der Waals surface area contributed by atoms with Crippen molar-refractivity contribution in [2.75, 3.05) is 25.6 Å². The molecule has 1 unspecified atom stereocenters. The number of aryl methyl sites for hydroxylation is 1. The van der Waals surface area contributed by atoms with E-state index in [2.05, 4.69) is 28.6 Å². The van der Waals surface area contributed by atoms with Gasteiger partial charge in [0.2, 0.25) is 5.91 Å². The number of amides is 1. The van der Waals surface area contributed by atoms with E-state index in [9.17, 15) is 4.79 Å². The van der Waals surface area contributed by atoms with Gasteiger partial charge in [-0.25, -0.2) is 4.98 Å². The summed E-state index contributed by atoms with van der Waals surface area (Å²) in [7, 11) is 1.61. The van der Waals surface area contributed by atoms with E-state index in [-0.39, 0.29) is 11.9 Å². The van der Waals surface area contributed by atoms with E-state index in [0.717, 1.165) is 15.3 Å². The number of anilines is 1. The summed E-state index contributed by atoms with van der Waals surface area (Å²) in [5.74, 6) is -0.0579. The number of methoxy groups -OCH3 is 1. The van der Waals surface area contributed by atoms with Gasteiger partial charge in [-0.05, 0) is 31.5 Å². The molecule has 0 saturated carbocycles. The standard InChI is InChI=1S/C14H19N3O2S/c1-9-4-5-11-12(8-9)20-14(17-11)16-10(2)13(18)15-6-7-19-3/h4-5,8,10H,6-7H2,1-3H3,(H,15,18)(H,16,17). The molecule has 2 rings (SSSR count). The molecule has 1 amide bonds. The SMILES string of the molecule is COCCNC(=O)C(C)Nc1nc2ccc(C)cc2s1. The maximum absolute atomic E-state index is 11.8. The van der Waals surface area contributed by atoms with Gasteiger partial charge in [-0.15, -0.1) is 0 Å². The van der Waals surface area contributed by atoms with E-state index in [0.29, 0.717) is 13.2 Å². The quantitative estimate of drug-likeness (QED) is 0.801. The van der Waals surface area contributed by atoms with Crippen molar-refractivity contribution >= 4 is 32.6 Å². The Morgan fingerprint density at radius 3 is 3.05 bits per heavy atom. The van der Waals surface area contributed by atoms with Crippen LogP contribution in [0.5, 0.6) is 0 Å². The van der Waals surface area contributed by atoms with Crippen LogP contribution in [0.3, 0.4) is 0 Å². The molecule has 0 spiro atoms. The van der Waals surface area contributed by atoms with Crippen LogP contribution < -0.4 is 10.6 Å². The molecule has 0 fully saturated rings. The maximum Gasteiger partial charge on any atom is 0.242 e. The first-order chi connectivity index (χ1) is 9.60. The average molecular weight is 293 g/mol. The van der Waals surface area contributed by atoms with Gasteiger partial charge in [0.15, 0.2) is 5.13 Å². The summed E-state index contributed by atoms with van der Waals surface area (Å²) >= 11 is 1.56. The van der Waals surface area contributed by atoms with E-state index < -0.39 is 0 Å². The third-order valence-electron chi connectivity index (χ3n) is 2.88. The van der Waals surface area contributed by atoms with Crippen LogP contribution in [0.4, 0.5) is 5.13 Å². The largest absolute Gasteiger partial charge is 0.383 e. The Balaban J connectivity index is 1.98. The molecule has 1 atom stereocenters. The lowest BCUT2D eigenvalue weighted by molar-refractivity contribution is -0.121. The minimum Gasteiger partial charge on any atom is -0.383 e. The van der Waals surface area contributed by atoms with Crippen molar-refractivity contribution in [2.24, 2.45) is 0 Å². The predicted molar refractivity (Wildman–Crippen MR) is 82.3 cm³/mol. The average Bonchev–Trinajstić information content (AvgIpc) is 2.80. The fraction of sp³-hybridized carbons (Fsp3) is 0.429. The molecule has 20 heavy (non-hydrogen) atoms. The number of rotatable bonds is 6. The smallest absolute Gasteiger partial charge is 0.242 e. The monoisotopic (exact) mass is 293 g/mol. The van der Waals surface area contributed by atoms with Crippen molar-refractivity contribution in [3.05, 3.63) is 23.8 Å². The molecule has 2 N–H and O–H groups in total. The molecule has 1 aromatic heterocycles. The topological polar surface area (TPSA) is 63.2 Å². The number of hydrogen-bond donors (Lipinski definition) is 2. The third-order valence-corrected chi connectivity index (χ3v) is 3.83. The summed E-state index contributed by atoms with van der Waals surface area (Å²) < 4.78 is 6.02. The third kappa shape index (κ3) is 3.68. The highest BCUT2D eigenvalue weighted by atomic mass is 32.1. The van der Waals surface area contributed by atoms with Crippen LogP contribution >= 0.6 is 11.3 Å². The summed E-state index contributed by atoms with van der Waals surface area (Å²) in [6.07, 6.45) is 0. The van der Waals surface area contributed by atoms with Crippen LogP contribution in [0.2, 0.25) is 0 Å². The van der Waals surface area contributed by atoms with Crippen LogP contribution in [-0.4, -0.2) is 37.2 Å². The van der Waals surface area contributed by atoms with E-state index >= 15 is 0 Å². The molecular weight excluding hydrogens is 274 g/mol. The highest BCUT2D eigenvalue weighted by molar-refractivity contribution is 7.22. The van der Waals surface area contributed by atoms with Crippen molar-refractivity contribution in [1.82, 2.24) is 10.3 Å². The van der Waals surface area contributed by atoms with Gasteiger partial charge in [-0.2, -0.15) is 0 Å². The maximum atomic E-state index is 11.8. The lowest BCUT2D eigenvalue weighted by Gasteiger charge is -2.12. The predicted octanol–water partition coefficient (Wildman–Crippen LogP) is 2.17. The Morgan fingerprint density at radius 1 is 1.50 bits per heavy atom. The first-order valence-electron chi connectivity index (χ1n) is 6.50. The van der Waals surface area contributed by atoms with Gasteiger partial charge >= 0.3 is 0 Å².